The summed E-state index contributed by atoms with van der Waals surface area (Å²) in [4.78, 5) is 28.9. The summed E-state index contributed by atoms with van der Waals surface area (Å²) in [6.07, 6.45) is 1.45. The van der Waals surface area contributed by atoms with Gasteiger partial charge in [-0.15, -0.1) is 0 Å². The van der Waals surface area contributed by atoms with Crippen molar-refractivity contribution < 1.29 is 18.0 Å². The number of nitrogens with zero attached hydrogens (tertiary/aromatic N) is 1. The third kappa shape index (κ3) is 4.72. The number of anilines is 1. The van der Waals surface area contributed by atoms with Gasteiger partial charge in [0.2, 0.25) is 0 Å². The number of sulfone groups is 1. The van der Waals surface area contributed by atoms with Crippen molar-refractivity contribution in [1.82, 2.24) is 15.6 Å². The molecule has 1 saturated heterocycles. The molecule has 8 nitrogen and oxygen atoms in total. The van der Waals surface area contributed by atoms with Crippen molar-refractivity contribution in [2.75, 3.05) is 18.4 Å². The molecule has 3 N–H and O–H groups in total. The van der Waals surface area contributed by atoms with E-state index in [-0.39, 0.29) is 20.6 Å². The average molecular weight is 479 g/mol. The second-order valence-electron chi connectivity index (χ2n) is 7.05. The maximum Gasteiger partial charge on any atom is 0.327 e. The lowest BCUT2D eigenvalue weighted by Gasteiger charge is -2.22. The summed E-state index contributed by atoms with van der Waals surface area (Å²) in [6.45, 7) is 1.27. The van der Waals surface area contributed by atoms with Gasteiger partial charge in [-0.25, -0.2) is 18.2 Å². The Kier molecular flexibility index (Phi) is 6.24. The standard InChI is InChI=1S/C20H19ClN4O4S2/c21-15-6-2-1-5-14(15)18(26)24-19(27)25-20-23-16-8-7-12(10-17(16)30-20)31(28,29)13-4-3-9-22-11-13/h1-2,5-8,10,13,22H,3-4,9,11H2,(H2,23,24,25,26,27). The zero-order valence-corrected chi connectivity index (χ0v) is 18.6. The number of piperidine rings is 1. The van der Waals surface area contributed by atoms with Gasteiger partial charge in [0.15, 0.2) is 15.0 Å². The number of fused-ring (bicyclic) bond motifs is 1. The zero-order valence-electron chi connectivity index (χ0n) is 16.2. The molecule has 2 heterocycles. The molecule has 11 heteroatoms. The van der Waals surface area contributed by atoms with Crippen molar-refractivity contribution in [3.63, 3.8) is 0 Å². The molecule has 162 valence electrons. The minimum absolute atomic E-state index is 0.177. The van der Waals surface area contributed by atoms with Crippen molar-refractivity contribution in [2.24, 2.45) is 0 Å². The van der Waals surface area contributed by atoms with E-state index >= 15 is 0 Å². The molecule has 0 radical (unpaired) electrons. The van der Waals surface area contributed by atoms with Gasteiger partial charge in [-0.05, 0) is 49.7 Å². The molecule has 0 bridgehead atoms. The highest BCUT2D eigenvalue weighted by Crippen LogP contribution is 2.30. The molecule has 1 unspecified atom stereocenters. The number of hydrogen-bond donors (Lipinski definition) is 3. The number of rotatable bonds is 4. The van der Waals surface area contributed by atoms with E-state index in [4.69, 9.17) is 11.6 Å². The van der Waals surface area contributed by atoms with Crippen LogP contribution >= 0.6 is 22.9 Å². The van der Waals surface area contributed by atoms with Crippen LogP contribution in [-0.2, 0) is 9.84 Å². The molecule has 31 heavy (non-hydrogen) atoms. The Labute approximate surface area is 187 Å². The quantitative estimate of drug-likeness (QED) is 0.528. The van der Waals surface area contributed by atoms with Gasteiger partial charge in [0.05, 0.1) is 30.9 Å². The molecule has 1 aliphatic heterocycles. The predicted molar refractivity (Wildman–Crippen MR) is 121 cm³/mol. The third-order valence-electron chi connectivity index (χ3n) is 4.94. The number of thiazole rings is 1. The van der Waals surface area contributed by atoms with Crippen molar-refractivity contribution >= 4 is 60.1 Å². The highest BCUT2D eigenvalue weighted by molar-refractivity contribution is 7.92. The lowest BCUT2D eigenvalue weighted by molar-refractivity contribution is 0.0967. The van der Waals surface area contributed by atoms with Crippen LogP contribution in [0.4, 0.5) is 9.93 Å². The van der Waals surface area contributed by atoms with Gasteiger partial charge in [0, 0.05) is 6.54 Å². The number of amides is 3. The molecule has 0 spiro atoms. The second-order valence-corrected chi connectivity index (χ2v) is 10.7. The Hall–Kier alpha value is -2.53. The Morgan fingerprint density at radius 2 is 2.00 bits per heavy atom. The Morgan fingerprint density at radius 3 is 2.74 bits per heavy atom. The van der Waals surface area contributed by atoms with Gasteiger partial charge in [-0.1, -0.05) is 35.1 Å². The minimum Gasteiger partial charge on any atom is -0.315 e. The summed E-state index contributed by atoms with van der Waals surface area (Å²) >= 11 is 7.10. The number of aromatic nitrogens is 1. The summed E-state index contributed by atoms with van der Waals surface area (Å²) in [5, 5.41) is 7.85. The number of hydrogen-bond acceptors (Lipinski definition) is 7. The summed E-state index contributed by atoms with van der Waals surface area (Å²) < 4.78 is 26.5. The first-order chi connectivity index (χ1) is 14.8. The molecule has 2 aromatic carbocycles. The Bertz CT molecular complexity index is 1250. The van der Waals surface area contributed by atoms with Crippen LogP contribution in [0, 0.1) is 0 Å². The highest BCUT2D eigenvalue weighted by atomic mass is 35.5. The molecule has 1 aromatic heterocycles. The average Bonchev–Trinajstić information content (AvgIpc) is 3.15. The number of nitrogens with one attached hydrogen (secondary N) is 3. The fourth-order valence-electron chi connectivity index (χ4n) is 3.36. The molecule has 1 fully saturated rings. The molecular weight excluding hydrogens is 460 g/mol. The van der Waals surface area contributed by atoms with Crippen LogP contribution < -0.4 is 16.0 Å². The summed E-state index contributed by atoms with van der Waals surface area (Å²) in [5.41, 5.74) is 0.731. The number of halogens is 1. The van der Waals surface area contributed by atoms with Crippen LogP contribution in [-0.4, -0.2) is 43.7 Å². The molecule has 3 amide bonds. The van der Waals surface area contributed by atoms with Crippen LogP contribution in [0.5, 0.6) is 0 Å². The normalized spacial score (nSPS) is 16.7. The van der Waals surface area contributed by atoms with Crippen LogP contribution in [0.15, 0.2) is 47.4 Å². The lowest BCUT2D eigenvalue weighted by atomic mass is 10.2. The smallest absolute Gasteiger partial charge is 0.315 e. The number of benzene rings is 2. The van der Waals surface area contributed by atoms with E-state index in [0.717, 1.165) is 24.3 Å². The van der Waals surface area contributed by atoms with Crippen LogP contribution in [0.2, 0.25) is 5.02 Å². The summed E-state index contributed by atoms with van der Waals surface area (Å²) in [5.74, 6) is -0.640. The highest BCUT2D eigenvalue weighted by Gasteiger charge is 2.29. The van der Waals surface area contributed by atoms with E-state index in [1.165, 1.54) is 12.1 Å². The predicted octanol–water partition coefficient (Wildman–Crippen LogP) is 3.44. The molecule has 3 aromatic rings. The largest absolute Gasteiger partial charge is 0.327 e. The van der Waals surface area contributed by atoms with Crippen molar-refractivity contribution in [3.8, 4) is 0 Å². The van der Waals surface area contributed by atoms with E-state index < -0.39 is 27.0 Å². The lowest BCUT2D eigenvalue weighted by Crippen LogP contribution is -2.38. The molecule has 4 rings (SSSR count). The molecule has 1 aliphatic rings. The van der Waals surface area contributed by atoms with Crippen molar-refractivity contribution in [3.05, 3.63) is 53.1 Å². The third-order valence-corrected chi connectivity index (χ3v) is 8.40. The van der Waals surface area contributed by atoms with Crippen molar-refractivity contribution in [1.29, 1.82) is 0 Å². The van der Waals surface area contributed by atoms with E-state index in [1.54, 1.807) is 30.3 Å². The number of imide groups is 1. The number of urea groups is 1. The first-order valence-corrected chi connectivity index (χ1v) is 12.3. The first-order valence-electron chi connectivity index (χ1n) is 9.56. The fourth-order valence-corrected chi connectivity index (χ4v) is 6.29. The van der Waals surface area contributed by atoms with E-state index in [2.05, 4.69) is 20.9 Å². The molecule has 1 atom stereocenters. The molecular formula is C20H19ClN4O4S2. The first kappa shape index (κ1) is 21.7. The molecule has 0 saturated carbocycles. The maximum atomic E-state index is 12.9. The van der Waals surface area contributed by atoms with Crippen LogP contribution in [0.3, 0.4) is 0 Å². The van der Waals surface area contributed by atoms with Gasteiger partial charge >= 0.3 is 6.03 Å². The minimum atomic E-state index is -3.46. The second kappa shape index (κ2) is 8.91. The van der Waals surface area contributed by atoms with Crippen molar-refractivity contribution in [2.45, 2.75) is 23.0 Å². The summed E-state index contributed by atoms with van der Waals surface area (Å²) in [6, 6.07) is 10.4. The van der Waals surface area contributed by atoms with Gasteiger partial charge in [0.1, 0.15) is 0 Å². The maximum absolute atomic E-state index is 12.9. The van der Waals surface area contributed by atoms with Gasteiger partial charge in [-0.2, -0.15) is 0 Å². The van der Waals surface area contributed by atoms with E-state index in [0.29, 0.717) is 23.2 Å². The van der Waals surface area contributed by atoms with Crippen LogP contribution in [0.25, 0.3) is 10.2 Å². The van der Waals surface area contributed by atoms with E-state index in [1.807, 2.05) is 0 Å². The SMILES string of the molecule is O=C(NC(=O)c1ccccc1Cl)Nc1nc2ccc(S(=O)(=O)C3CCCNC3)cc2s1. The monoisotopic (exact) mass is 478 g/mol. The number of carbonyl (C=O) groups is 2. The fraction of sp³-hybridized carbons (Fsp3) is 0.250. The van der Waals surface area contributed by atoms with Crippen LogP contribution in [0.1, 0.15) is 23.2 Å². The molecule has 0 aliphatic carbocycles. The topological polar surface area (TPSA) is 117 Å². The van der Waals surface area contributed by atoms with E-state index in [9.17, 15) is 18.0 Å². The van der Waals surface area contributed by atoms with Gasteiger partial charge in [-0.3, -0.25) is 15.4 Å². The zero-order chi connectivity index (χ0) is 22.0. The summed E-state index contributed by atoms with van der Waals surface area (Å²) in [7, 11) is -3.46. The van der Waals surface area contributed by atoms with Gasteiger partial charge < -0.3 is 5.32 Å². The Morgan fingerprint density at radius 1 is 1.19 bits per heavy atom. The van der Waals surface area contributed by atoms with Gasteiger partial charge in [0.25, 0.3) is 5.91 Å². The number of carbonyl (C=O) groups excluding carboxylic acids is 2. The Balaban J connectivity index is 1.49.